The first-order valence-corrected chi connectivity index (χ1v) is 5.57. The van der Waals surface area contributed by atoms with Crippen LogP contribution in [0.4, 0.5) is 4.79 Å². The summed E-state index contributed by atoms with van der Waals surface area (Å²) in [4.78, 5) is 11.5. The number of nitrogens with one attached hydrogen (secondary N) is 2. The molecule has 1 amide bonds. The molecule has 0 aliphatic carbocycles. The van der Waals surface area contributed by atoms with Crippen LogP contribution >= 0.6 is 0 Å². The average molecular weight is 214 g/mol. The van der Waals surface area contributed by atoms with Crippen LogP contribution in [0.2, 0.25) is 0 Å². The molecular formula is C11H22N2O2. The van der Waals surface area contributed by atoms with Gasteiger partial charge in [0.1, 0.15) is 5.60 Å². The van der Waals surface area contributed by atoms with Gasteiger partial charge in [0, 0.05) is 12.6 Å². The summed E-state index contributed by atoms with van der Waals surface area (Å²) in [6, 6.07) is 0.198. The SMILES string of the molecule is CC1CNC[C@@H](NC(=O)OC(C)(C)C)C1. The topological polar surface area (TPSA) is 50.4 Å². The molecule has 0 spiro atoms. The van der Waals surface area contributed by atoms with E-state index in [1.165, 1.54) is 0 Å². The standard InChI is InChI=1S/C11H22N2O2/c1-8-5-9(7-12-6-8)13-10(14)15-11(2,3)4/h8-9,12H,5-7H2,1-4H3,(H,13,14)/t8?,9-/m0/s1. The van der Waals surface area contributed by atoms with Crippen molar-refractivity contribution in [1.82, 2.24) is 10.6 Å². The summed E-state index contributed by atoms with van der Waals surface area (Å²) in [5.74, 6) is 0.610. The first-order valence-electron chi connectivity index (χ1n) is 5.57. The number of carbonyl (C=O) groups is 1. The van der Waals surface area contributed by atoms with Gasteiger partial charge in [0.05, 0.1) is 0 Å². The predicted molar refractivity (Wildman–Crippen MR) is 59.8 cm³/mol. The molecule has 0 radical (unpaired) electrons. The minimum atomic E-state index is -0.419. The maximum atomic E-state index is 11.5. The molecule has 1 aliphatic heterocycles. The fraction of sp³-hybridized carbons (Fsp3) is 0.909. The van der Waals surface area contributed by atoms with Crippen LogP contribution in [-0.2, 0) is 4.74 Å². The van der Waals surface area contributed by atoms with Gasteiger partial charge in [0.2, 0.25) is 0 Å². The maximum Gasteiger partial charge on any atom is 0.407 e. The number of carbonyl (C=O) groups excluding carboxylic acids is 1. The molecule has 1 unspecified atom stereocenters. The third-order valence-corrected chi connectivity index (χ3v) is 2.29. The van der Waals surface area contributed by atoms with Crippen molar-refractivity contribution in [3.63, 3.8) is 0 Å². The van der Waals surface area contributed by atoms with Crippen LogP contribution in [0.1, 0.15) is 34.1 Å². The Hall–Kier alpha value is -0.770. The number of amides is 1. The quantitative estimate of drug-likeness (QED) is 0.695. The predicted octanol–water partition coefficient (Wildman–Crippen LogP) is 1.51. The monoisotopic (exact) mass is 214 g/mol. The second-order valence-electron chi connectivity index (χ2n) is 5.34. The molecule has 0 bridgehead atoms. The Morgan fingerprint density at radius 3 is 2.60 bits per heavy atom. The minimum absolute atomic E-state index is 0.198. The van der Waals surface area contributed by atoms with Crippen LogP contribution < -0.4 is 10.6 Å². The Morgan fingerprint density at radius 1 is 1.40 bits per heavy atom. The molecule has 1 saturated heterocycles. The Kier molecular flexibility index (Phi) is 3.97. The summed E-state index contributed by atoms with van der Waals surface area (Å²) in [6.45, 7) is 9.66. The van der Waals surface area contributed by atoms with Crippen molar-refractivity contribution < 1.29 is 9.53 Å². The molecule has 0 aromatic carbocycles. The Balaban J connectivity index is 2.31. The van der Waals surface area contributed by atoms with Crippen molar-refractivity contribution in [1.29, 1.82) is 0 Å². The van der Waals surface area contributed by atoms with Crippen molar-refractivity contribution in [3.8, 4) is 0 Å². The smallest absolute Gasteiger partial charge is 0.407 e. The zero-order valence-electron chi connectivity index (χ0n) is 10.1. The van der Waals surface area contributed by atoms with Crippen LogP contribution in [0.25, 0.3) is 0 Å². The van der Waals surface area contributed by atoms with Crippen molar-refractivity contribution in [2.45, 2.75) is 45.8 Å². The summed E-state index contributed by atoms with van der Waals surface area (Å²) >= 11 is 0. The maximum absolute atomic E-state index is 11.5. The summed E-state index contributed by atoms with van der Waals surface area (Å²) in [6.07, 6.45) is 0.704. The van der Waals surface area contributed by atoms with E-state index >= 15 is 0 Å². The van der Waals surface area contributed by atoms with E-state index in [1.807, 2.05) is 20.8 Å². The summed E-state index contributed by atoms with van der Waals surface area (Å²) in [7, 11) is 0. The molecule has 1 fully saturated rings. The molecule has 2 N–H and O–H groups in total. The van der Waals surface area contributed by atoms with Gasteiger partial charge < -0.3 is 15.4 Å². The van der Waals surface area contributed by atoms with Crippen molar-refractivity contribution in [2.75, 3.05) is 13.1 Å². The van der Waals surface area contributed by atoms with Gasteiger partial charge in [-0.3, -0.25) is 0 Å². The van der Waals surface area contributed by atoms with E-state index in [0.29, 0.717) is 5.92 Å². The number of hydrogen-bond acceptors (Lipinski definition) is 3. The number of ether oxygens (including phenoxy) is 1. The fourth-order valence-corrected chi connectivity index (χ4v) is 1.74. The Labute approximate surface area is 91.8 Å². The van der Waals surface area contributed by atoms with Gasteiger partial charge >= 0.3 is 6.09 Å². The van der Waals surface area contributed by atoms with E-state index in [0.717, 1.165) is 19.5 Å². The molecule has 1 aliphatic rings. The van der Waals surface area contributed by atoms with E-state index in [9.17, 15) is 4.79 Å². The molecule has 4 heteroatoms. The first-order chi connectivity index (χ1) is 6.87. The molecule has 88 valence electrons. The van der Waals surface area contributed by atoms with Crippen LogP contribution in [0, 0.1) is 5.92 Å². The average Bonchev–Trinajstić information content (AvgIpc) is 1.99. The van der Waals surface area contributed by atoms with Crippen molar-refractivity contribution in [3.05, 3.63) is 0 Å². The lowest BCUT2D eigenvalue weighted by atomic mass is 9.98. The molecular weight excluding hydrogens is 192 g/mol. The van der Waals surface area contributed by atoms with Crippen molar-refractivity contribution >= 4 is 6.09 Å². The number of piperidine rings is 1. The van der Waals surface area contributed by atoms with Crippen LogP contribution in [0.3, 0.4) is 0 Å². The lowest BCUT2D eigenvalue weighted by Crippen LogP contribution is -2.49. The van der Waals surface area contributed by atoms with Gasteiger partial charge in [0.25, 0.3) is 0 Å². The first kappa shape index (κ1) is 12.3. The zero-order valence-corrected chi connectivity index (χ0v) is 10.1. The molecule has 1 heterocycles. The van der Waals surface area contributed by atoms with E-state index in [1.54, 1.807) is 0 Å². The molecule has 15 heavy (non-hydrogen) atoms. The third-order valence-electron chi connectivity index (χ3n) is 2.29. The van der Waals surface area contributed by atoms with Crippen LogP contribution in [0.5, 0.6) is 0 Å². The lowest BCUT2D eigenvalue weighted by Gasteiger charge is -2.29. The molecule has 0 aromatic heterocycles. The van der Waals surface area contributed by atoms with E-state index in [4.69, 9.17) is 4.74 Å². The molecule has 0 saturated carbocycles. The highest BCUT2D eigenvalue weighted by molar-refractivity contribution is 5.68. The van der Waals surface area contributed by atoms with Gasteiger partial charge in [-0.15, -0.1) is 0 Å². The Bertz CT molecular complexity index is 223. The highest BCUT2D eigenvalue weighted by atomic mass is 16.6. The van der Waals surface area contributed by atoms with Crippen LogP contribution in [0.15, 0.2) is 0 Å². The molecule has 0 aromatic rings. The zero-order chi connectivity index (χ0) is 11.5. The lowest BCUT2D eigenvalue weighted by molar-refractivity contribution is 0.0491. The number of alkyl carbamates (subject to hydrolysis) is 1. The van der Waals surface area contributed by atoms with Gasteiger partial charge in [-0.1, -0.05) is 6.92 Å². The van der Waals surface area contributed by atoms with Crippen molar-refractivity contribution in [2.24, 2.45) is 5.92 Å². The van der Waals surface area contributed by atoms with E-state index in [-0.39, 0.29) is 12.1 Å². The summed E-state index contributed by atoms with van der Waals surface area (Å²) in [5, 5.41) is 6.16. The normalized spacial score (nSPS) is 27.2. The second kappa shape index (κ2) is 4.84. The minimum Gasteiger partial charge on any atom is -0.444 e. The summed E-state index contributed by atoms with van der Waals surface area (Å²) < 4.78 is 5.20. The highest BCUT2D eigenvalue weighted by Gasteiger charge is 2.23. The highest BCUT2D eigenvalue weighted by Crippen LogP contribution is 2.11. The third kappa shape index (κ3) is 5.02. The fourth-order valence-electron chi connectivity index (χ4n) is 1.74. The Morgan fingerprint density at radius 2 is 2.07 bits per heavy atom. The van der Waals surface area contributed by atoms with E-state index in [2.05, 4.69) is 17.6 Å². The van der Waals surface area contributed by atoms with Gasteiger partial charge in [0.15, 0.2) is 0 Å². The van der Waals surface area contributed by atoms with E-state index < -0.39 is 5.60 Å². The largest absolute Gasteiger partial charge is 0.444 e. The number of hydrogen-bond donors (Lipinski definition) is 2. The molecule has 2 atom stereocenters. The van der Waals surface area contributed by atoms with Gasteiger partial charge in [-0.2, -0.15) is 0 Å². The second-order valence-corrected chi connectivity index (χ2v) is 5.34. The molecule has 4 nitrogen and oxygen atoms in total. The summed E-state index contributed by atoms with van der Waals surface area (Å²) in [5.41, 5.74) is -0.419. The molecule has 1 rings (SSSR count). The van der Waals surface area contributed by atoms with Crippen LogP contribution in [-0.4, -0.2) is 30.8 Å². The number of rotatable bonds is 1. The van der Waals surface area contributed by atoms with Gasteiger partial charge in [-0.05, 0) is 39.7 Å². The van der Waals surface area contributed by atoms with Gasteiger partial charge in [-0.25, -0.2) is 4.79 Å².